The molecule has 0 spiro atoms. The smallest absolute Gasteiger partial charge is 0.230 e. The topological polar surface area (TPSA) is 78.1 Å². The lowest BCUT2D eigenvalue weighted by atomic mass is 10.1. The second-order valence-corrected chi connectivity index (χ2v) is 6.13. The van der Waals surface area contributed by atoms with Crippen LogP contribution in [0.4, 0.5) is 5.69 Å². The lowest BCUT2D eigenvalue weighted by Gasteiger charge is -2.33. The van der Waals surface area contributed by atoms with Crippen LogP contribution in [0.1, 0.15) is 6.42 Å². The van der Waals surface area contributed by atoms with Crippen molar-refractivity contribution in [3.8, 4) is 0 Å². The van der Waals surface area contributed by atoms with Gasteiger partial charge in [-0.1, -0.05) is 23.7 Å². The highest BCUT2D eigenvalue weighted by atomic mass is 35.5. The molecule has 7 heteroatoms. The largest absolute Gasteiger partial charge is 0.544 e. The molecule has 1 aromatic rings. The van der Waals surface area contributed by atoms with Gasteiger partial charge in [0.1, 0.15) is 32.2 Å². The van der Waals surface area contributed by atoms with E-state index in [1.165, 1.54) is 4.90 Å². The number of anilines is 1. The first kappa shape index (κ1) is 16.7. The number of carboxylic acid groups (broad SMARTS) is 1. The van der Waals surface area contributed by atoms with Gasteiger partial charge in [0.2, 0.25) is 5.91 Å². The SMILES string of the molecule is C[NH+]1CC[NH+]([C@@H](CC(=O)Nc2ccccc2Cl)C(=O)[O-])CC1. The summed E-state index contributed by atoms with van der Waals surface area (Å²) in [7, 11) is 2.08. The molecule has 120 valence electrons. The summed E-state index contributed by atoms with van der Waals surface area (Å²) in [6.07, 6.45) is -0.109. The van der Waals surface area contributed by atoms with Gasteiger partial charge >= 0.3 is 0 Å². The first-order chi connectivity index (χ1) is 10.5. The van der Waals surface area contributed by atoms with E-state index in [0.717, 1.165) is 31.1 Å². The molecule has 6 nitrogen and oxygen atoms in total. The van der Waals surface area contributed by atoms with Crippen LogP contribution in [0.2, 0.25) is 5.02 Å². The third-order valence-electron chi connectivity index (χ3n) is 4.06. The number of benzene rings is 1. The molecule has 0 saturated carbocycles. The molecular formula is C15H21ClN3O3+. The van der Waals surface area contributed by atoms with E-state index in [9.17, 15) is 14.7 Å². The number of hydrogen-bond donors (Lipinski definition) is 3. The zero-order valence-electron chi connectivity index (χ0n) is 12.5. The maximum atomic E-state index is 12.1. The van der Waals surface area contributed by atoms with Crippen LogP contribution in [0.15, 0.2) is 24.3 Å². The second kappa shape index (κ2) is 7.58. The summed E-state index contributed by atoms with van der Waals surface area (Å²) in [6, 6.07) is 6.04. The number of likely N-dealkylation sites (N-methyl/N-ethyl adjacent to an activating group) is 1. The molecule has 1 aliphatic rings. The molecule has 0 radical (unpaired) electrons. The number of halogens is 1. The van der Waals surface area contributed by atoms with E-state index in [4.69, 9.17) is 11.6 Å². The van der Waals surface area contributed by atoms with Crippen LogP contribution in [0, 0.1) is 0 Å². The molecule has 1 saturated heterocycles. The fourth-order valence-electron chi connectivity index (χ4n) is 2.69. The number of carbonyl (C=O) groups excluding carboxylic acids is 2. The van der Waals surface area contributed by atoms with Crippen LogP contribution in [0.5, 0.6) is 0 Å². The predicted molar refractivity (Wildman–Crippen MR) is 80.8 cm³/mol. The first-order valence-corrected chi connectivity index (χ1v) is 7.76. The number of hydrogen-bond acceptors (Lipinski definition) is 3. The summed E-state index contributed by atoms with van der Waals surface area (Å²) in [5.74, 6) is -1.54. The van der Waals surface area contributed by atoms with E-state index >= 15 is 0 Å². The number of carboxylic acids is 1. The molecule has 0 bridgehead atoms. The van der Waals surface area contributed by atoms with E-state index in [2.05, 4.69) is 12.4 Å². The third-order valence-corrected chi connectivity index (χ3v) is 4.39. The van der Waals surface area contributed by atoms with E-state index in [1.54, 1.807) is 24.3 Å². The van der Waals surface area contributed by atoms with Gasteiger partial charge in [-0.15, -0.1) is 0 Å². The van der Waals surface area contributed by atoms with Crippen molar-refractivity contribution in [2.75, 3.05) is 38.5 Å². The number of quaternary nitrogens is 2. The molecule has 0 unspecified atom stereocenters. The Balaban J connectivity index is 1.97. The molecule has 1 atom stereocenters. The fourth-order valence-corrected chi connectivity index (χ4v) is 2.87. The minimum absolute atomic E-state index is 0.109. The highest BCUT2D eigenvalue weighted by Crippen LogP contribution is 2.20. The van der Waals surface area contributed by atoms with Crippen LogP contribution < -0.4 is 20.2 Å². The minimum atomic E-state index is -1.18. The Morgan fingerprint density at radius 3 is 2.50 bits per heavy atom. The lowest BCUT2D eigenvalue weighted by Crippen LogP contribution is -3.29. The molecule has 1 aromatic carbocycles. The van der Waals surface area contributed by atoms with Gasteiger partial charge in [-0.2, -0.15) is 0 Å². The number of para-hydroxylation sites is 1. The zero-order chi connectivity index (χ0) is 16.1. The Labute approximate surface area is 134 Å². The Morgan fingerprint density at radius 1 is 1.27 bits per heavy atom. The summed E-state index contributed by atoms with van der Waals surface area (Å²) >= 11 is 5.98. The zero-order valence-corrected chi connectivity index (χ0v) is 13.3. The molecule has 0 aromatic heterocycles. The second-order valence-electron chi connectivity index (χ2n) is 5.72. The molecule has 0 aliphatic carbocycles. The number of aliphatic carboxylic acids is 1. The average molecular weight is 327 g/mol. The predicted octanol–water partition coefficient (Wildman–Crippen LogP) is -2.80. The van der Waals surface area contributed by atoms with Crippen LogP contribution in [-0.2, 0) is 9.59 Å². The quantitative estimate of drug-likeness (QED) is 0.547. The van der Waals surface area contributed by atoms with E-state index in [1.807, 2.05) is 0 Å². The van der Waals surface area contributed by atoms with Crippen molar-refractivity contribution < 1.29 is 24.5 Å². The first-order valence-electron chi connectivity index (χ1n) is 7.38. The highest BCUT2D eigenvalue weighted by Gasteiger charge is 2.30. The summed E-state index contributed by atoms with van der Waals surface area (Å²) in [6.45, 7) is 3.24. The van der Waals surface area contributed by atoms with Gasteiger partial charge in [0.15, 0.2) is 0 Å². The summed E-state index contributed by atoms with van der Waals surface area (Å²) < 4.78 is 0. The van der Waals surface area contributed by atoms with Gasteiger partial charge in [-0.05, 0) is 12.1 Å². The third kappa shape index (κ3) is 4.43. The number of piperazine rings is 1. The Hall–Kier alpha value is -1.63. The van der Waals surface area contributed by atoms with Crippen molar-refractivity contribution in [1.82, 2.24) is 0 Å². The number of nitrogens with one attached hydrogen (secondary N) is 3. The molecule has 1 aliphatic heterocycles. The summed E-state index contributed by atoms with van der Waals surface area (Å²) in [5.41, 5.74) is 0.490. The van der Waals surface area contributed by atoms with Crippen LogP contribution in [0.3, 0.4) is 0 Å². The van der Waals surface area contributed by atoms with Gasteiger partial charge in [-0.25, -0.2) is 0 Å². The van der Waals surface area contributed by atoms with Gasteiger partial charge in [-0.3, -0.25) is 4.79 Å². The van der Waals surface area contributed by atoms with Crippen molar-refractivity contribution in [1.29, 1.82) is 0 Å². The van der Waals surface area contributed by atoms with E-state index in [-0.39, 0.29) is 12.3 Å². The number of carbonyl (C=O) groups is 2. The van der Waals surface area contributed by atoms with Gasteiger partial charge < -0.3 is 25.0 Å². The highest BCUT2D eigenvalue weighted by molar-refractivity contribution is 6.33. The standard InChI is InChI=1S/C15H20ClN3O3/c1-18-6-8-19(9-7-18)13(15(21)22)10-14(20)17-12-5-3-2-4-11(12)16/h2-5,13H,6-10H2,1H3,(H,17,20)(H,21,22)/p+1/t13-/m0/s1. The normalized spacial score (nSPS) is 22.8. The summed E-state index contributed by atoms with van der Waals surface area (Å²) in [5, 5.41) is 14.5. The molecule has 22 heavy (non-hydrogen) atoms. The molecular weight excluding hydrogens is 306 g/mol. The monoisotopic (exact) mass is 326 g/mol. The molecule has 2 rings (SSSR count). The van der Waals surface area contributed by atoms with E-state index in [0.29, 0.717) is 10.7 Å². The van der Waals surface area contributed by atoms with Crippen molar-refractivity contribution >= 4 is 29.2 Å². The fraction of sp³-hybridized carbons (Fsp3) is 0.467. The van der Waals surface area contributed by atoms with Gasteiger partial charge in [0.05, 0.1) is 30.1 Å². The minimum Gasteiger partial charge on any atom is -0.544 e. The summed E-state index contributed by atoms with van der Waals surface area (Å²) in [4.78, 5) is 25.8. The Kier molecular flexibility index (Phi) is 5.76. The number of rotatable bonds is 5. The lowest BCUT2D eigenvalue weighted by molar-refractivity contribution is -1.01. The maximum absolute atomic E-state index is 12.1. The van der Waals surface area contributed by atoms with Crippen LogP contribution >= 0.6 is 11.6 Å². The van der Waals surface area contributed by atoms with Crippen LogP contribution in [0.25, 0.3) is 0 Å². The molecule has 1 fully saturated rings. The van der Waals surface area contributed by atoms with Crippen LogP contribution in [-0.4, -0.2) is 51.1 Å². The van der Waals surface area contributed by atoms with Crippen molar-refractivity contribution in [3.05, 3.63) is 29.3 Å². The van der Waals surface area contributed by atoms with Gasteiger partial charge in [0.25, 0.3) is 0 Å². The Bertz CT molecular complexity index is 545. The van der Waals surface area contributed by atoms with Crippen molar-refractivity contribution in [2.24, 2.45) is 0 Å². The van der Waals surface area contributed by atoms with E-state index < -0.39 is 12.0 Å². The Morgan fingerprint density at radius 2 is 1.91 bits per heavy atom. The van der Waals surface area contributed by atoms with Crippen molar-refractivity contribution in [3.63, 3.8) is 0 Å². The molecule has 3 N–H and O–H groups in total. The maximum Gasteiger partial charge on any atom is 0.230 e. The van der Waals surface area contributed by atoms with Gasteiger partial charge in [0, 0.05) is 0 Å². The van der Waals surface area contributed by atoms with Crippen molar-refractivity contribution in [2.45, 2.75) is 12.5 Å². The molecule has 1 heterocycles. The molecule has 1 amide bonds. The average Bonchev–Trinajstić information content (AvgIpc) is 2.48. The number of amides is 1.